The maximum atomic E-state index is 12.5. The van der Waals surface area contributed by atoms with Crippen molar-refractivity contribution in [3.63, 3.8) is 0 Å². The first-order valence-corrected chi connectivity index (χ1v) is 8.41. The van der Waals surface area contributed by atoms with E-state index >= 15 is 0 Å². The Hall–Kier alpha value is -2.22. The molecule has 24 heavy (non-hydrogen) atoms. The van der Waals surface area contributed by atoms with Crippen LogP contribution in [0.15, 0.2) is 12.7 Å². The third kappa shape index (κ3) is 3.64. The number of hydrogen-bond donors (Lipinski definition) is 1. The van der Waals surface area contributed by atoms with Crippen molar-refractivity contribution in [2.75, 3.05) is 18.4 Å². The Bertz CT molecular complexity index is 692. The molecular weight excluding hydrogens is 306 g/mol. The fourth-order valence-corrected chi connectivity index (χ4v) is 3.34. The third-order valence-corrected chi connectivity index (χ3v) is 4.73. The molecule has 0 spiro atoms. The van der Waals surface area contributed by atoms with Gasteiger partial charge in [-0.3, -0.25) is 19.1 Å². The van der Waals surface area contributed by atoms with Crippen molar-refractivity contribution in [2.45, 2.75) is 45.7 Å². The maximum absolute atomic E-state index is 12.5. The molecule has 1 atom stereocenters. The molecule has 8 heteroatoms. The van der Waals surface area contributed by atoms with Gasteiger partial charge in [-0.2, -0.15) is 10.2 Å². The minimum absolute atomic E-state index is 0.0136. The van der Waals surface area contributed by atoms with Crippen molar-refractivity contribution < 1.29 is 4.79 Å². The lowest BCUT2D eigenvalue weighted by Crippen LogP contribution is -2.46. The second kappa shape index (κ2) is 7.12. The first-order valence-electron chi connectivity index (χ1n) is 8.41. The highest BCUT2D eigenvalue weighted by atomic mass is 16.2. The second-order valence-electron chi connectivity index (χ2n) is 6.46. The SMILES string of the molecule is Cc1nn(C)c(C)c1NC(=O)CN1CCCC[C@H]1Cn1cncn1. The van der Waals surface area contributed by atoms with Crippen LogP contribution in [0.3, 0.4) is 0 Å². The number of amides is 1. The summed E-state index contributed by atoms with van der Waals surface area (Å²) in [6.45, 7) is 5.99. The molecule has 2 aromatic rings. The van der Waals surface area contributed by atoms with Gasteiger partial charge in [-0.15, -0.1) is 0 Å². The van der Waals surface area contributed by atoms with Gasteiger partial charge in [0.1, 0.15) is 12.7 Å². The standard InChI is InChI=1S/C16H25N7O/c1-12-16(13(2)21(3)20-12)19-15(24)9-22-7-5-4-6-14(22)8-23-11-17-10-18-23/h10-11,14H,4-9H2,1-3H3,(H,19,24)/t14-/m0/s1. The van der Waals surface area contributed by atoms with Crippen molar-refractivity contribution in [3.8, 4) is 0 Å². The zero-order valence-corrected chi connectivity index (χ0v) is 14.6. The summed E-state index contributed by atoms with van der Waals surface area (Å²) in [6, 6.07) is 0.322. The molecule has 0 radical (unpaired) electrons. The van der Waals surface area contributed by atoms with Gasteiger partial charge < -0.3 is 5.32 Å². The third-order valence-electron chi connectivity index (χ3n) is 4.73. The van der Waals surface area contributed by atoms with Crippen LogP contribution in [-0.4, -0.2) is 54.5 Å². The Morgan fingerprint density at radius 3 is 2.88 bits per heavy atom. The molecule has 1 aliphatic rings. The molecule has 0 unspecified atom stereocenters. The van der Waals surface area contributed by atoms with Crippen molar-refractivity contribution in [1.82, 2.24) is 29.4 Å². The molecule has 3 heterocycles. The Morgan fingerprint density at radius 1 is 1.38 bits per heavy atom. The van der Waals surface area contributed by atoms with Crippen LogP contribution >= 0.6 is 0 Å². The molecule has 0 bridgehead atoms. The van der Waals surface area contributed by atoms with E-state index in [2.05, 4.69) is 25.4 Å². The van der Waals surface area contributed by atoms with E-state index in [0.717, 1.165) is 43.0 Å². The van der Waals surface area contributed by atoms with Gasteiger partial charge in [0.15, 0.2) is 0 Å². The summed E-state index contributed by atoms with van der Waals surface area (Å²) >= 11 is 0. The zero-order valence-electron chi connectivity index (χ0n) is 14.6. The summed E-state index contributed by atoms with van der Waals surface area (Å²) in [6.07, 6.45) is 6.69. The van der Waals surface area contributed by atoms with Crippen molar-refractivity contribution >= 4 is 11.6 Å². The molecule has 1 fully saturated rings. The van der Waals surface area contributed by atoms with Gasteiger partial charge in [0.05, 0.1) is 30.2 Å². The first-order chi connectivity index (χ1) is 11.5. The smallest absolute Gasteiger partial charge is 0.238 e. The lowest BCUT2D eigenvalue weighted by Gasteiger charge is -2.35. The van der Waals surface area contributed by atoms with Gasteiger partial charge in [0, 0.05) is 13.1 Å². The summed E-state index contributed by atoms with van der Waals surface area (Å²) in [5, 5.41) is 11.6. The molecule has 1 aliphatic heterocycles. The molecule has 1 saturated heterocycles. The van der Waals surface area contributed by atoms with Gasteiger partial charge in [-0.25, -0.2) is 4.98 Å². The lowest BCUT2D eigenvalue weighted by molar-refractivity contribution is -0.118. The van der Waals surface area contributed by atoms with E-state index in [1.807, 2.05) is 25.6 Å². The molecule has 3 rings (SSSR count). The number of hydrogen-bond acceptors (Lipinski definition) is 5. The van der Waals surface area contributed by atoms with Gasteiger partial charge >= 0.3 is 0 Å². The molecule has 1 amide bonds. The zero-order chi connectivity index (χ0) is 17.1. The number of carbonyl (C=O) groups is 1. The van der Waals surface area contributed by atoms with Crippen LogP contribution in [0, 0.1) is 13.8 Å². The molecule has 1 N–H and O–H groups in total. The Balaban J connectivity index is 1.63. The van der Waals surface area contributed by atoms with Crippen LogP contribution in [0.1, 0.15) is 30.7 Å². The highest BCUT2D eigenvalue weighted by Crippen LogP contribution is 2.20. The number of likely N-dealkylation sites (tertiary alicyclic amines) is 1. The van der Waals surface area contributed by atoms with E-state index in [1.54, 1.807) is 17.3 Å². The van der Waals surface area contributed by atoms with E-state index in [0.29, 0.717) is 12.6 Å². The minimum atomic E-state index is 0.0136. The molecule has 0 saturated carbocycles. The molecule has 0 aromatic carbocycles. The topological polar surface area (TPSA) is 80.9 Å². The normalized spacial score (nSPS) is 18.7. The van der Waals surface area contributed by atoms with Crippen molar-refractivity contribution in [3.05, 3.63) is 24.0 Å². The van der Waals surface area contributed by atoms with Crippen LogP contribution in [0.4, 0.5) is 5.69 Å². The molecule has 130 valence electrons. The average Bonchev–Trinajstić information content (AvgIpc) is 3.14. The average molecular weight is 331 g/mol. The summed E-state index contributed by atoms with van der Waals surface area (Å²) in [5.41, 5.74) is 2.65. The van der Waals surface area contributed by atoms with Gasteiger partial charge in [-0.05, 0) is 33.2 Å². The quantitative estimate of drug-likeness (QED) is 0.888. The van der Waals surface area contributed by atoms with E-state index < -0.39 is 0 Å². The molecule has 0 aliphatic carbocycles. The van der Waals surface area contributed by atoms with Crippen LogP contribution in [0.25, 0.3) is 0 Å². The number of aryl methyl sites for hydroxylation is 2. The van der Waals surface area contributed by atoms with E-state index in [9.17, 15) is 4.79 Å². The maximum Gasteiger partial charge on any atom is 0.238 e. The number of rotatable bonds is 5. The van der Waals surface area contributed by atoms with Crippen LogP contribution in [0.2, 0.25) is 0 Å². The Morgan fingerprint density at radius 2 is 2.21 bits per heavy atom. The number of nitrogens with one attached hydrogen (secondary N) is 1. The highest BCUT2D eigenvalue weighted by Gasteiger charge is 2.25. The number of anilines is 1. The Kier molecular flexibility index (Phi) is 4.94. The number of piperidine rings is 1. The molecule has 8 nitrogen and oxygen atoms in total. The van der Waals surface area contributed by atoms with Crippen LogP contribution in [-0.2, 0) is 18.4 Å². The molecule has 2 aromatic heterocycles. The summed E-state index contributed by atoms with van der Waals surface area (Å²) in [4.78, 5) is 18.8. The lowest BCUT2D eigenvalue weighted by atomic mass is 10.0. The van der Waals surface area contributed by atoms with Gasteiger partial charge in [-0.1, -0.05) is 6.42 Å². The predicted molar refractivity (Wildman–Crippen MR) is 90.5 cm³/mol. The van der Waals surface area contributed by atoms with Crippen molar-refractivity contribution in [2.24, 2.45) is 7.05 Å². The predicted octanol–water partition coefficient (Wildman–Crippen LogP) is 1.12. The summed E-state index contributed by atoms with van der Waals surface area (Å²) in [5.74, 6) is 0.0136. The van der Waals surface area contributed by atoms with Gasteiger partial charge in [0.2, 0.25) is 5.91 Å². The number of aromatic nitrogens is 5. The highest BCUT2D eigenvalue weighted by molar-refractivity contribution is 5.93. The first kappa shape index (κ1) is 16.6. The summed E-state index contributed by atoms with van der Waals surface area (Å²) in [7, 11) is 1.89. The van der Waals surface area contributed by atoms with Crippen LogP contribution in [0.5, 0.6) is 0 Å². The number of nitrogens with zero attached hydrogens (tertiary/aromatic N) is 6. The fourth-order valence-electron chi connectivity index (χ4n) is 3.34. The Labute approximate surface area is 141 Å². The molecular formula is C16H25N7O. The second-order valence-corrected chi connectivity index (χ2v) is 6.46. The summed E-state index contributed by atoms with van der Waals surface area (Å²) < 4.78 is 3.63. The van der Waals surface area contributed by atoms with E-state index in [4.69, 9.17) is 0 Å². The number of carbonyl (C=O) groups excluding carboxylic acids is 1. The monoisotopic (exact) mass is 331 g/mol. The van der Waals surface area contributed by atoms with E-state index in [1.165, 1.54) is 6.42 Å². The van der Waals surface area contributed by atoms with E-state index in [-0.39, 0.29) is 5.91 Å². The fraction of sp³-hybridized carbons (Fsp3) is 0.625. The van der Waals surface area contributed by atoms with Crippen LogP contribution < -0.4 is 5.32 Å². The largest absolute Gasteiger partial charge is 0.322 e. The van der Waals surface area contributed by atoms with Crippen molar-refractivity contribution in [1.29, 1.82) is 0 Å². The minimum Gasteiger partial charge on any atom is -0.322 e. The van der Waals surface area contributed by atoms with Gasteiger partial charge in [0.25, 0.3) is 0 Å².